The molecular weight excluding hydrogens is 779 g/mol. The molecule has 0 bridgehead atoms. The van der Waals surface area contributed by atoms with Crippen LogP contribution in [-0.4, -0.2) is 0 Å². The molecular formula is C61H39NO2. The lowest BCUT2D eigenvalue weighted by atomic mass is 9.68. The van der Waals surface area contributed by atoms with Crippen LogP contribution in [-0.2, 0) is 5.41 Å². The van der Waals surface area contributed by atoms with Crippen LogP contribution in [0.5, 0.6) is 0 Å². The van der Waals surface area contributed by atoms with E-state index in [9.17, 15) is 0 Å². The van der Waals surface area contributed by atoms with Crippen molar-refractivity contribution < 1.29 is 8.83 Å². The molecule has 0 radical (unpaired) electrons. The highest BCUT2D eigenvalue weighted by atomic mass is 16.3. The van der Waals surface area contributed by atoms with E-state index < -0.39 is 5.41 Å². The molecule has 300 valence electrons. The highest BCUT2D eigenvalue weighted by Crippen LogP contribution is 2.57. The van der Waals surface area contributed by atoms with Gasteiger partial charge in [0.05, 0.1) is 5.41 Å². The van der Waals surface area contributed by atoms with Crippen molar-refractivity contribution in [3.63, 3.8) is 0 Å². The van der Waals surface area contributed by atoms with E-state index in [4.69, 9.17) is 8.83 Å². The van der Waals surface area contributed by atoms with E-state index in [1.54, 1.807) is 0 Å². The molecule has 2 heterocycles. The summed E-state index contributed by atoms with van der Waals surface area (Å²) in [6, 6.07) is 85.4. The van der Waals surface area contributed by atoms with E-state index in [0.717, 1.165) is 83.2 Å². The maximum absolute atomic E-state index is 6.49. The number of hydrogen-bond donors (Lipinski definition) is 0. The zero-order valence-corrected chi connectivity index (χ0v) is 34.8. The fraction of sp³-hybridized carbons (Fsp3) is 0.0164. The van der Waals surface area contributed by atoms with E-state index in [2.05, 4.69) is 217 Å². The van der Waals surface area contributed by atoms with Gasteiger partial charge < -0.3 is 13.7 Å². The number of fused-ring (bicyclic) bond motifs is 9. The lowest BCUT2D eigenvalue weighted by molar-refractivity contribution is 0.669. The normalized spacial score (nSPS) is 12.8. The summed E-state index contributed by atoms with van der Waals surface area (Å²) >= 11 is 0. The summed E-state index contributed by atoms with van der Waals surface area (Å²) < 4.78 is 12.7. The minimum Gasteiger partial charge on any atom is -0.456 e. The first kappa shape index (κ1) is 36.3. The Morgan fingerprint density at radius 2 is 0.844 bits per heavy atom. The second kappa shape index (κ2) is 14.3. The van der Waals surface area contributed by atoms with Crippen molar-refractivity contribution in [1.29, 1.82) is 0 Å². The van der Waals surface area contributed by atoms with Crippen molar-refractivity contribution in [2.24, 2.45) is 0 Å². The molecule has 0 N–H and O–H groups in total. The molecule has 0 fully saturated rings. The molecule has 0 unspecified atom stereocenters. The van der Waals surface area contributed by atoms with Crippen LogP contribution in [0, 0.1) is 0 Å². The van der Waals surface area contributed by atoms with E-state index >= 15 is 0 Å². The Morgan fingerprint density at radius 1 is 0.297 bits per heavy atom. The van der Waals surface area contributed by atoms with Crippen LogP contribution in [0.4, 0.5) is 17.1 Å². The molecule has 13 rings (SSSR count). The van der Waals surface area contributed by atoms with Crippen molar-refractivity contribution >= 4 is 60.9 Å². The Kier molecular flexibility index (Phi) is 8.13. The Labute approximate surface area is 370 Å². The zero-order valence-electron chi connectivity index (χ0n) is 34.8. The number of benzene rings is 10. The number of nitrogens with zero attached hydrogens (tertiary/aromatic N) is 1. The van der Waals surface area contributed by atoms with Gasteiger partial charge >= 0.3 is 0 Å². The van der Waals surface area contributed by atoms with Crippen LogP contribution in [0.25, 0.3) is 77.3 Å². The van der Waals surface area contributed by atoms with Gasteiger partial charge in [0.2, 0.25) is 0 Å². The van der Waals surface area contributed by atoms with Gasteiger partial charge in [-0.1, -0.05) is 176 Å². The van der Waals surface area contributed by atoms with Crippen molar-refractivity contribution in [3.05, 3.63) is 259 Å². The molecule has 0 amide bonds. The molecule has 0 saturated carbocycles. The molecule has 2 aromatic heterocycles. The van der Waals surface area contributed by atoms with Crippen LogP contribution in [0.15, 0.2) is 245 Å². The molecule has 0 aliphatic heterocycles. The third-order valence-electron chi connectivity index (χ3n) is 13.4. The van der Waals surface area contributed by atoms with Crippen LogP contribution in [0.3, 0.4) is 0 Å². The number of anilines is 3. The first-order chi connectivity index (χ1) is 31.7. The van der Waals surface area contributed by atoms with Crippen molar-refractivity contribution in [2.45, 2.75) is 5.41 Å². The maximum atomic E-state index is 6.49. The summed E-state index contributed by atoms with van der Waals surface area (Å²) in [5.41, 5.74) is 18.3. The highest BCUT2D eigenvalue weighted by Gasteiger charge is 2.46. The third kappa shape index (κ3) is 5.47. The number of furan rings is 2. The summed E-state index contributed by atoms with van der Waals surface area (Å²) in [6.45, 7) is 0. The molecule has 3 nitrogen and oxygen atoms in total. The van der Waals surface area contributed by atoms with Crippen LogP contribution >= 0.6 is 0 Å². The Balaban J connectivity index is 0.995. The van der Waals surface area contributed by atoms with E-state index in [1.807, 2.05) is 24.3 Å². The van der Waals surface area contributed by atoms with Gasteiger partial charge in [-0.15, -0.1) is 0 Å². The van der Waals surface area contributed by atoms with Gasteiger partial charge in [0.15, 0.2) is 0 Å². The summed E-state index contributed by atoms with van der Waals surface area (Å²) in [4.78, 5) is 2.40. The maximum Gasteiger partial charge on any atom is 0.143 e. The van der Waals surface area contributed by atoms with Gasteiger partial charge in [-0.3, -0.25) is 0 Å². The molecule has 0 atom stereocenters. The Bertz CT molecular complexity index is 3690. The lowest BCUT2D eigenvalue weighted by Gasteiger charge is -2.34. The Hall–Kier alpha value is -8.40. The SMILES string of the molecule is c1ccc(C2(c3ccccc3)c3ccccc3-c3cc(N(c4ccc(-c5cccc6c5oc5ccccc56)cc4)c4cccc(-c5ccc6oc7ccccc7c6c5)c4)ccc32)cc1. The van der Waals surface area contributed by atoms with Gasteiger partial charge in [-0.05, 0) is 111 Å². The summed E-state index contributed by atoms with van der Waals surface area (Å²) in [5.74, 6) is 0. The Morgan fingerprint density at radius 3 is 1.62 bits per heavy atom. The lowest BCUT2D eigenvalue weighted by Crippen LogP contribution is -2.28. The first-order valence-corrected chi connectivity index (χ1v) is 21.9. The number of rotatable bonds is 7. The average Bonchev–Trinajstić information content (AvgIpc) is 4.03. The zero-order chi connectivity index (χ0) is 42.2. The molecule has 1 aliphatic carbocycles. The monoisotopic (exact) mass is 817 g/mol. The molecule has 12 aromatic rings. The van der Waals surface area contributed by atoms with Gasteiger partial charge in [-0.25, -0.2) is 0 Å². The summed E-state index contributed by atoms with van der Waals surface area (Å²) in [6.07, 6.45) is 0. The molecule has 0 spiro atoms. The fourth-order valence-corrected chi connectivity index (χ4v) is 10.5. The largest absolute Gasteiger partial charge is 0.456 e. The minimum absolute atomic E-state index is 0.479. The summed E-state index contributed by atoms with van der Waals surface area (Å²) in [7, 11) is 0. The summed E-state index contributed by atoms with van der Waals surface area (Å²) in [5, 5.41) is 4.49. The molecule has 3 heteroatoms. The third-order valence-corrected chi connectivity index (χ3v) is 13.4. The standard InChI is InChI=1S/C61H39NO2/c1-3-16-43(17-4-1)61(44-18-5-2-6-19-44)55-26-10-7-21-49(55)53-39-47(34-35-56(53)61)62(45-32-29-40(30-33-45)48-24-14-25-52-50-22-8-12-28-58(50)64-60(48)52)46-20-13-15-41(37-46)42-31-36-59-54(38-42)51-23-9-11-27-57(51)63-59/h1-39H. The predicted molar refractivity (Wildman–Crippen MR) is 264 cm³/mol. The first-order valence-electron chi connectivity index (χ1n) is 21.9. The second-order valence-electron chi connectivity index (χ2n) is 16.8. The topological polar surface area (TPSA) is 29.5 Å². The van der Waals surface area contributed by atoms with Crippen LogP contribution < -0.4 is 4.90 Å². The van der Waals surface area contributed by atoms with Crippen LogP contribution in [0.2, 0.25) is 0 Å². The molecule has 1 aliphatic rings. The predicted octanol–water partition coefficient (Wildman–Crippen LogP) is 16.7. The van der Waals surface area contributed by atoms with E-state index in [-0.39, 0.29) is 0 Å². The number of para-hydroxylation sites is 3. The smallest absolute Gasteiger partial charge is 0.143 e. The van der Waals surface area contributed by atoms with Crippen LogP contribution in [0.1, 0.15) is 22.3 Å². The quantitative estimate of drug-likeness (QED) is 0.160. The van der Waals surface area contributed by atoms with Crippen molar-refractivity contribution in [2.75, 3.05) is 4.90 Å². The minimum atomic E-state index is -0.479. The van der Waals surface area contributed by atoms with Crippen molar-refractivity contribution in [1.82, 2.24) is 0 Å². The second-order valence-corrected chi connectivity index (χ2v) is 16.8. The molecule has 0 saturated heterocycles. The van der Waals surface area contributed by atoms with Gasteiger partial charge in [0.1, 0.15) is 22.3 Å². The highest BCUT2D eigenvalue weighted by molar-refractivity contribution is 6.10. The number of hydrogen-bond acceptors (Lipinski definition) is 3. The van der Waals surface area contributed by atoms with E-state index in [0.29, 0.717) is 0 Å². The fourth-order valence-electron chi connectivity index (χ4n) is 10.5. The van der Waals surface area contributed by atoms with Gasteiger partial charge in [-0.2, -0.15) is 0 Å². The van der Waals surface area contributed by atoms with Crippen molar-refractivity contribution in [3.8, 4) is 33.4 Å². The molecule has 10 aromatic carbocycles. The van der Waals surface area contributed by atoms with E-state index in [1.165, 1.54) is 33.4 Å². The molecule has 64 heavy (non-hydrogen) atoms. The van der Waals surface area contributed by atoms with Gasteiger partial charge in [0.25, 0.3) is 0 Å². The van der Waals surface area contributed by atoms with Gasteiger partial charge in [0, 0.05) is 44.2 Å². The average molecular weight is 818 g/mol.